The fraction of sp³-hybridized carbons (Fsp3) is 0.857. The number of piperidine rings is 1. The molecule has 1 rings (SSSR count). The first kappa shape index (κ1) is 16.8. The van der Waals surface area contributed by atoms with Crippen LogP contribution in [0.1, 0.15) is 40.0 Å². The maximum atomic E-state index is 12.4. The monoisotopic (exact) mass is 286 g/mol. The SMILES string of the molecule is CCCOC1CCCN(C(=O)N(CC(=O)O)C(C)C)C1. The number of urea groups is 1. The first-order valence-corrected chi connectivity index (χ1v) is 7.34. The topological polar surface area (TPSA) is 70.1 Å². The van der Waals surface area contributed by atoms with E-state index in [0.29, 0.717) is 19.7 Å². The van der Waals surface area contributed by atoms with Gasteiger partial charge in [0.15, 0.2) is 0 Å². The molecule has 1 aliphatic rings. The molecular formula is C14H26N2O4. The van der Waals surface area contributed by atoms with Crippen molar-refractivity contribution in [3.8, 4) is 0 Å². The summed E-state index contributed by atoms with van der Waals surface area (Å²) in [5, 5.41) is 8.91. The highest BCUT2D eigenvalue weighted by molar-refractivity contribution is 5.80. The van der Waals surface area contributed by atoms with Gasteiger partial charge in [-0.05, 0) is 33.1 Å². The highest BCUT2D eigenvalue weighted by atomic mass is 16.5. The van der Waals surface area contributed by atoms with E-state index in [2.05, 4.69) is 6.92 Å². The van der Waals surface area contributed by atoms with Crippen molar-refractivity contribution >= 4 is 12.0 Å². The third kappa shape index (κ3) is 5.00. The predicted molar refractivity (Wildman–Crippen MR) is 75.7 cm³/mol. The van der Waals surface area contributed by atoms with E-state index in [-0.39, 0.29) is 24.7 Å². The Balaban J connectivity index is 2.61. The fourth-order valence-corrected chi connectivity index (χ4v) is 2.33. The third-order valence-electron chi connectivity index (χ3n) is 3.38. The van der Waals surface area contributed by atoms with Crippen LogP contribution in [0.2, 0.25) is 0 Å². The van der Waals surface area contributed by atoms with E-state index >= 15 is 0 Å². The number of hydrogen-bond acceptors (Lipinski definition) is 3. The summed E-state index contributed by atoms with van der Waals surface area (Å²) in [5.41, 5.74) is 0. The summed E-state index contributed by atoms with van der Waals surface area (Å²) in [4.78, 5) is 26.4. The van der Waals surface area contributed by atoms with Crippen LogP contribution in [0.15, 0.2) is 0 Å². The van der Waals surface area contributed by atoms with Crippen LogP contribution in [0, 0.1) is 0 Å². The number of carboxylic acids is 1. The standard InChI is InChI=1S/C14H26N2O4/c1-4-8-20-12-6-5-7-15(9-12)14(19)16(11(2)3)10-13(17)18/h11-12H,4-10H2,1-3H3,(H,17,18). The first-order chi connectivity index (χ1) is 9.45. The molecule has 20 heavy (non-hydrogen) atoms. The Morgan fingerprint density at radius 2 is 2.15 bits per heavy atom. The lowest BCUT2D eigenvalue weighted by molar-refractivity contribution is -0.138. The van der Waals surface area contributed by atoms with Gasteiger partial charge in [-0.25, -0.2) is 4.79 Å². The van der Waals surface area contributed by atoms with Gasteiger partial charge in [0.1, 0.15) is 6.54 Å². The average Bonchev–Trinajstić information content (AvgIpc) is 2.41. The summed E-state index contributed by atoms with van der Waals surface area (Å²) < 4.78 is 5.71. The third-order valence-corrected chi connectivity index (χ3v) is 3.38. The molecule has 6 heteroatoms. The zero-order valence-corrected chi connectivity index (χ0v) is 12.7. The maximum absolute atomic E-state index is 12.4. The lowest BCUT2D eigenvalue weighted by Crippen LogP contribution is -2.52. The van der Waals surface area contributed by atoms with Crippen LogP contribution in [0.3, 0.4) is 0 Å². The lowest BCUT2D eigenvalue weighted by Gasteiger charge is -2.37. The summed E-state index contributed by atoms with van der Waals surface area (Å²) in [6.07, 6.45) is 2.90. The van der Waals surface area contributed by atoms with Gasteiger partial charge in [0.25, 0.3) is 0 Å². The number of amides is 2. The zero-order chi connectivity index (χ0) is 15.1. The van der Waals surface area contributed by atoms with E-state index in [1.165, 1.54) is 4.90 Å². The summed E-state index contributed by atoms with van der Waals surface area (Å²) in [7, 11) is 0. The van der Waals surface area contributed by atoms with Crippen LogP contribution in [0.25, 0.3) is 0 Å². The molecule has 2 amide bonds. The Labute approximate surface area is 120 Å². The van der Waals surface area contributed by atoms with Crippen LogP contribution >= 0.6 is 0 Å². The number of ether oxygens (including phenoxy) is 1. The number of carboxylic acid groups (broad SMARTS) is 1. The van der Waals surface area contributed by atoms with E-state index < -0.39 is 5.97 Å². The normalized spacial score (nSPS) is 19.2. The molecule has 0 saturated carbocycles. The minimum absolute atomic E-state index is 0.0755. The minimum Gasteiger partial charge on any atom is -0.480 e. The Morgan fingerprint density at radius 1 is 1.45 bits per heavy atom. The Morgan fingerprint density at radius 3 is 2.70 bits per heavy atom. The van der Waals surface area contributed by atoms with Gasteiger partial charge in [-0.1, -0.05) is 6.92 Å². The molecule has 0 spiro atoms. The molecular weight excluding hydrogens is 260 g/mol. The molecule has 0 bridgehead atoms. The Bertz CT molecular complexity index is 333. The highest BCUT2D eigenvalue weighted by Gasteiger charge is 2.29. The van der Waals surface area contributed by atoms with Crippen molar-refractivity contribution in [3.63, 3.8) is 0 Å². The molecule has 1 fully saturated rings. The molecule has 1 heterocycles. The molecule has 0 aromatic carbocycles. The second-order valence-corrected chi connectivity index (χ2v) is 5.48. The largest absolute Gasteiger partial charge is 0.480 e. The van der Waals surface area contributed by atoms with Gasteiger partial charge in [0.2, 0.25) is 0 Å². The molecule has 1 atom stereocenters. The summed E-state index contributed by atoms with van der Waals surface area (Å²) >= 11 is 0. The van der Waals surface area contributed by atoms with Crippen molar-refractivity contribution < 1.29 is 19.4 Å². The van der Waals surface area contributed by atoms with Gasteiger partial charge >= 0.3 is 12.0 Å². The van der Waals surface area contributed by atoms with Crippen LogP contribution in [-0.4, -0.2) is 65.3 Å². The van der Waals surface area contributed by atoms with E-state index in [1.807, 2.05) is 13.8 Å². The van der Waals surface area contributed by atoms with Crippen LogP contribution in [-0.2, 0) is 9.53 Å². The highest BCUT2D eigenvalue weighted by Crippen LogP contribution is 2.16. The maximum Gasteiger partial charge on any atom is 0.323 e. The lowest BCUT2D eigenvalue weighted by atomic mass is 10.1. The second-order valence-electron chi connectivity index (χ2n) is 5.48. The van der Waals surface area contributed by atoms with Crippen LogP contribution in [0.5, 0.6) is 0 Å². The number of carbonyl (C=O) groups excluding carboxylic acids is 1. The van der Waals surface area contributed by atoms with E-state index in [0.717, 1.165) is 19.3 Å². The fourth-order valence-electron chi connectivity index (χ4n) is 2.33. The molecule has 0 radical (unpaired) electrons. The Hall–Kier alpha value is -1.30. The predicted octanol–water partition coefficient (Wildman–Crippen LogP) is 1.79. The van der Waals surface area contributed by atoms with Crippen molar-refractivity contribution in [1.29, 1.82) is 0 Å². The van der Waals surface area contributed by atoms with Crippen LogP contribution < -0.4 is 0 Å². The van der Waals surface area contributed by atoms with E-state index in [1.54, 1.807) is 4.90 Å². The van der Waals surface area contributed by atoms with Crippen molar-refractivity contribution in [2.75, 3.05) is 26.2 Å². The van der Waals surface area contributed by atoms with Gasteiger partial charge in [-0.3, -0.25) is 4.79 Å². The molecule has 1 aliphatic heterocycles. The quantitative estimate of drug-likeness (QED) is 0.808. The van der Waals surface area contributed by atoms with Crippen molar-refractivity contribution in [3.05, 3.63) is 0 Å². The number of carbonyl (C=O) groups is 2. The molecule has 1 N–H and O–H groups in total. The molecule has 0 aromatic heterocycles. The van der Waals surface area contributed by atoms with Gasteiger partial charge < -0.3 is 19.6 Å². The minimum atomic E-state index is -0.983. The van der Waals surface area contributed by atoms with Gasteiger partial charge in [-0.15, -0.1) is 0 Å². The average molecular weight is 286 g/mol. The summed E-state index contributed by atoms with van der Waals surface area (Å²) in [6, 6.07) is -0.331. The van der Waals surface area contributed by atoms with Gasteiger partial charge in [0, 0.05) is 25.7 Å². The first-order valence-electron chi connectivity index (χ1n) is 7.34. The molecule has 0 aromatic rings. The number of aliphatic carboxylic acids is 1. The number of nitrogens with zero attached hydrogens (tertiary/aromatic N) is 2. The second kappa shape index (κ2) is 8.09. The number of likely N-dealkylation sites (tertiary alicyclic amines) is 1. The molecule has 116 valence electrons. The smallest absolute Gasteiger partial charge is 0.323 e. The summed E-state index contributed by atoms with van der Waals surface area (Å²) in [5.74, 6) is -0.983. The molecule has 1 unspecified atom stereocenters. The van der Waals surface area contributed by atoms with E-state index in [9.17, 15) is 9.59 Å². The molecule has 1 saturated heterocycles. The van der Waals surface area contributed by atoms with Crippen LogP contribution in [0.4, 0.5) is 4.79 Å². The van der Waals surface area contributed by atoms with Crippen molar-refractivity contribution in [2.24, 2.45) is 0 Å². The zero-order valence-electron chi connectivity index (χ0n) is 12.7. The number of rotatable bonds is 6. The summed E-state index contributed by atoms with van der Waals surface area (Å²) in [6.45, 7) is 7.39. The van der Waals surface area contributed by atoms with Gasteiger partial charge in [-0.2, -0.15) is 0 Å². The van der Waals surface area contributed by atoms with Crippen molar-refractivity contribution in [2.45, 2.75) is 52.2 Å². The number of hydrogen-bond donors (Lipinski definition) is 1. The van der Waals surface area contributed by atoms with Crippen molar-refractivity contribution in [1.82, 2.24) is 9.80 Å². The van der Waals surface area contributed by atoms with Gasteiger partial charge in [0.05, 0.1) is 6.10 Å². The molecule has 0 aliphatic carbocycles. The Kier molecular flexibility index (Phi) is 6.78. The molecule has 6 nitrogen and oxygen atoms in total. The van der Waals surface area contributed by atoms with E-state index in [4.69, 9.17) is 9.84 Å².